The highest BCUT2D eigenvalue weighted by Gasteiger charge is 2.26. The zero-order chi connectivity index (χ0) is 18.2. The first-order valence-electron chi connectivity index (χ1n) is 7.51. The Balaban J connectivity index is 2.15. The molecule has 25 heavy (non-hydrogen) atoms. The predicted octanol–water partition coefficient (Wildman–Crippen LogP) is 2.62. The number of hydrogen-bond acceptors (Lipinski definition) is 4. The second-order valence-corrected chi connectivity index (χ2v) is 5.52. The minimum absolute atomic E-state index is 0.0870. The highest BCUT2D eigenvalue weighted by molar-refractivity contribution is 6.31. The Bertz CT molecular complexity index is 765. The van der Waals surface area contributed by atoms with E-state index in [-0.39, 0.29) is 6.42 Å². The van der Waals surface area contributed by atoms with Crippen LogP contribution < -0.4 is 10.6 Å². The number of rotatable bonds is 5. The van der Waals surface area contributed by atoms with Gasteiger partial charge >= 0.3 is 12.0 Å². The van der Waals surface area contributed by atoms with Crippen LogP contribution in [0.1, 0.15) is 17.2 Å². The van der Waals surface area contributed by atoms with E-state index in [0.29, 0.717) is 16.1 Å². The molecule has 6 nitrogen and oxygen atoms in total. The molecule has 0 bridgehead atoms. The summed E-state index contributed by atoms with van der Waals surface area (Å²) in [5.41, 5.74) is 1.05. The molecule has 0 saturated heterocycles. The first kappa shape index (κ1) is 18.5. The Morgan fingerprint density at radius 3 is 2.32 bits per heavy atom. The van der Waals surface area contributed by atoms with Gasteiger partial charge in [0.2, 0.25) is 6.10 Å². The lowest BCUT2D eigenvalue weighted by Gasteiger charge is -2.17. The van der Waals surface area contributed by atoms with E-state index in [1.807, 2.05) is 0 Å². The molecule has 0 aliphatic rings. The lowest BCUT2D eigenvalue weighted by Crippen LogP contribution is -2.41. The van der Waals surface area contributed by atoms with Crippen molar-refractivity contribution in [2.75, 3.05) is 7.05 Å². The molecule has 0 radical (unpaired) electrons. The summed E-state index contributed by atoms with van der Waals surface area (Å²) in [6.07, 6.45) is -1.33. The predicted molar refractivity (Wildman–Crippen MR) is 93.0 cm³/mol. The molecule has 3 amide bonds. The van der Waals surface area contributed by atoms with Crippen molar-refractivity contribution in [1.29, 1.82) is 0 Å². The number of imide groups is 1. The molecule has 1 atom stereocenters. The molecule has 2 aromatic carbocycles. The van der Waals surface area contributed by atoms with Crippen LogP contribution >= 0.6 is 11.6 Å². The number of benzene rings is 2. The van der Waals surface area contributed by atoms with Crippen LogP contribution in [0.3, 0.4) is 0 Å². The normalized spacial score (nSPS) is 11.3. The third-order valence-corrected chi connectivity index (χ3v) is 3.71. The number of urea groups is 1. The van der Waals surface area contributed by atoms with Crippen LogP contribution in [0.15, 0.2) is 54.6 Å². The van der Waals surface area contributed by atoms with E-state index in [1.54, 1.807) is 54.6 Å². The van der Waals surface area contributed by atoms with Gasteiger partial charge in [-0.3, -0.25) is 14.9 Å². The summed E-state index contributed by atoms with van der Waals surface area (Å²) in [5.74, 6) is -1.37. The van der Waals surface area contributed by atoms with Gasteiger partial charge in [-0.05, 0) is 11.6 Å². The number of halogens is 1. The van der Waals surface area contributed by atoms with E-state index in [1.165, 1.54) is 7.05 Å². The summed E-state index contributed by atoms with van der Waals surface area (Å²) in [6, 6.07) is 14.6. The monoisotopic (exact) mass is 360 g/mol. The fourth-order valence-electron chi connectivity index (χ4n) is 2.11. The lowest BCUT2D eigenvalue weighted by atomic mass is 10.1. The summed E-state index contributed by atoms with van der Waals surface area (Å²) in [7, 11) is 1.38. The zero-order valence-electron chi connectivity index (χ0n) is 13.5. The summed E-state index contributed by atoms with van der Waals surface area (Å²) in [5, 5.41) is 4.83. The maximum absolute atomic E-state index is 12.3. The Morgan fingerprint density at radius 1 is 1.04 bits per heavy atom. The SMILES string of the molecule is CNC(=O)NC(=O)[C@@H](OC(=O)Cc1ccccc1Cl)c1ccccc1. The molecule has 7 heteroatoms. The van der Waals surface area contributed by atoms with Crippen LogP contribution in [-0.4, -0.2) is 25.0 Å². The molecule has 2 aromatic rings. The van der Waals surface area contributed by atoms with Crippen LogP contribution in [0.4, 0.5) is 4.79 Å². The number of amides is 3. The average molecular weight is 361 g/mol. The second-order valence-electron chi connectivity index (χ2n) is 5.12. The van der Waals surface area contributed by atoms with Crippen LogP contribution in [0.5, 0.6) is 0 Å². The summed E-state index contributed by atoms with van der Waals surface area (Å²) < 4.78 is 5.31. The Labute approximate surface area is 150 Å². The van der Waals surface area contributed by atoms with Gasteiger partial charge < -0.3 is 10.1 Å². The van der Waals surface area contributed by atoms with Crippen LogP contribution in [0.25, 0.3) is 0 Å². The smallest absolute Gasteiger partial charge is 0.321 e. The molecule has 0 aliphatic carbocycles. The molecule has 0 aliphatic heterocycles. The molecule has 0 saturated carbocycles. The van der Waals surface area contributed by atoms with E-state index < -0.39 is 24.0 Å². The maximum Gasteiger partial charge on any atom is 0.321 e. The molecule has 2 N–H and O–H groups in total. The van der Waals surface area contributed by atoms with Crippen molar-refractivity contribution < 1.29 is 19.1 Å². The fraction of sp³-hybridized carbons (Fsp3) is 0.167. The van der Waals surface area contributed by atoms with Gasteiger partial charge in [0.15, 0.2) is 0 Å². The van der Waals surface area contributed by atoms with Gasteiger partial charge in [-0.25, -0.2) is 4.79 Å². The number of carbonyl (C=O) groups is 3. The average Bonchev–Trinajstić information content (AvgIpc) is 2.62. The summed E-state index contributed by atoms with van der Waals surface area (Å²) in [4.78, 5) is 35.9. The van der Waals surface area contributed by atoms with Crippen molar-refractivity contribution >= 4 is 29.5 Å². The van der Waals surface area contributed by atoms with Crippen molar-refractivity contribution in [2.24, 2.45) is 0 Å². The van der Waals surface area contributed by atoms with Gasteiger partial charge in [0.05, 0.1) is 6.42 Å². The highest BCUT2D eigenvalue weighted by Crippen LogP contribution is 2.20. The molecule has 0 unspecified atom stereocenters. The summed E-state index contributed by atoms with van der Waals surface area (Å²) in [6.45, 7) is 0. The minimum Gasteiger partial charge on any atom is -0.447 e. The van der Waals surface area contributed by atoms with E-state index >= 15 is 0 Å². The minimum atomic E-state index is -1.24. The number of nitrogens with one attached hydrogen (secondary N) is 2. The largest absolute Gasteiger partial charge is 0.447 e. The van der Waals surface area contributed by atoms with Crippen molar-refractivity contribution in [3.05, 3.63) is 70.7 Å². The molecule has 0 aromatic heterocycles. The lowest BCUT2D eigenvalue weighted by molar-refractivity contribution is -0.155. The van der Waals surface area contributed by atoms with Crippen LogP contribution in [0, 0.1) is 0 Å². The summed E-state index contributed by atoms with van der Waals surface area (Å²) >= 11 is 6.03. The van der Waals surface area contributed by atoms with Crippen molar-refractivity contribution in [1.82, 2.24) is 10.6 Å². The van der Waals surface area contributed by atoms with Crippen LogP contribution in [-0.2, 0) is 20.7 Å². The molecule has 2 rings (SSSR count). The van der Waals surface area contributed by atoms with Gasteiger partial charge in [0, 0.05) is 17.6 Å². The van der Waals surface area contributed by atoms with Gasteiger partial charge in [0.1, 0.15) is 0 Å². The molecule has 0 heterocycles. The fourth-order valence-corrected chi connectivity index (χ4v) is 2.31. The number of esters is 1. The Hall–Kier alpha value is -2.86. The number of carbonyl (C=O) groups excluding carboxylic acids is 3. The molecule has 130 valence electrons. The molecule has 0 spiro atoms. The van der Waals surface area contributed by atoms with Gasteiger partial charge in [0.25, 0.3) is 5.91 Å². The van der Waals surface area contributed by atoms with Crippen molar-refractivity contribution in [3.8, 4) is 0 Å². The van der Waals surface area contributed by atoms with Gasteiger partial charge in [-0.1, -0.05) is 60.1 Å². The van der Waals surface area contributed by atoms with Gasteiger partial charge in [-0.15, -0.1) is 0 Å². The van der Waals surface area contributed by atoms with E-state index in [4.69, 9.17) is 16.3 Å². The Kier molecular flexibility index (Phi) is 6.54. The Morgan fingerprint density at radius 2 is 1.68 bits per heavy atom. The topological polar surface area (TPSA) is 84.5 Å². The third kappa shape index (κ3) is 5.32. The molecular formula is C18H17ClN2O4. The highest BCUT2D eigenvalue weighted by atomic mass is 35.5. The van der Waals surface area contributed by atoms with E-state index in [9.17, 15) is 14.4 Å². The number of hydrogen-bond donors (Lipinski definition) is 2. The van der Waals surface area contributed by atoms with E-state index in [0.717, 1.165) is 0 Å². The first-order valence-corrected chi connectivity index (χ1v) is 7.89. The first-order chi connectivity index (χ1) is 12.0. The van der Waals surface area contributed by atoms with Gasteiger partial charge in [-0.2, -0.15) is 0 Å². The zero-order valence-corrected chi connectivity index (χ0v) is 14.2. The molecular weight excluding hydrogens is 344 g/mol. The van der Waals surface area contributed by atoms with Crippen molar-refractivity contribution in [2.45, 2.75) is 12.5 Å². The number of ether oxygens (including phenoxy) is 1. The second kappa shape index (κ2) is 8.84. The van der Waals surface area contributed by atoms with Crippen LogP contribution in [0.2, 0.25) is 5.02 Å². The standard InChI is InChI=1S/C18H17ClN2O4/c1-20-18(24)21-17(23)16(12-7-3-2-4-8-12)25-15(22)11-13-9-5-6-10-14(13)19/h2-10,16H,11H2,1H3,(H2,20,21,23,24)/t16-/m0/s1. The quantitative estimate of drug-likeness (QED) is 0.803. The maximum atomic E-state index is 12.3. The van der Waals surface area contributed by atoms with Crippen molar-refractivity contribution in [3.63, 3.8) is 0 Å². The van der Waals surface area contributed by atoms with E-state index in [2.05, 4.69) is 10.6 Å². The third-order valence-electron chi connectivity index (χ3n) is 3.35. The molecule has 0 fully saturated rings.